The molecule has 0 spiro atoms. The van der Waals surface area contributed by atoms with Gasteiger partial charge in [-0.3, -0.25) is 9.69 Å². The Labute approximate surface area is 151 Å². The Morgan fingerprint density at radius 2 is 2.16 bits per heavy atom. The first kappa shape index (κ1) is 19.3. The summed E-state index contributed by atoms with van der Waals surface area (Å²) in [4.78, 5) is 14.5. The normalized spacial score (nSPS) is 17.7. The highest BCUT2D eigenvalue weighted by molar-refractivity contribution is 5.81. The molecule has 0 saturated carbocycles. The number of carbonyl (C=O) groups excluding carboxylic acids is 1. The molecule has 1 N–H and O–H groups in total. The molecule has 1 amide bonds. The quantitative estimate of drug-likeness (QED) is 0.554. The van der Waals surface area contributed by atoms with Crippen LogP contribution in [0.5, 0.6) is 5.75 Å². The maximum atomic E-state index is 12.4. The average Bonchev–Trinajstić information content (AvgIpc) is 2.64. The zero-order valence-corrected chi connectivity index (χ0v) is 15.3. The maximum Gasteiger partial charge on any atom is 0.237 e. The van der Waals surface area contributed by atoms with E-state index in [1.54, 1.807) is 0 Å². The van der Waals surface area contributed by atoms with Gasteiger partial charge in [-0.15, -0.1) is 6.42 Å². The first-order valence-corrected chi connectivity index (χ1v) is 9.41. The molecule has 1 unspecified atom stereocenters. The zero-order chi connectivity index (χ0) is 17.9. The molecule has 0 radical (unpaired) electrons. The number of likely N-dealkylation sites (tertiary alicyclic amines) is 1. The van der Waals surface area contributed by atoms with E-state index >= 15 is 0 Å². The van der Waals surface area contributed by atoms with E-state index in [2.05, 4.69) is 35.2 Å². The number of nitrogens with one attached hydrogen (secondary N) is 1. The number of carbonyl (C=O) groups is 1. The third-order valence-corrected chi connectivity index (χ3v) is 4.61. The molecule has 4 heteroatoms. The van der Waals surface area contributed by atoms with Crippen LogP contribution < -0.4 is 10.1 Å². The van der Waals surface area contributed by atoms with E-state index < -0.39 is 0 Å². The Hall–Kier alpha value is -1.99. The van der Waals surface area contributed by atoms with Crippen molar-refractivity contribution >= 4 is 5.91 Å². The summed E-state index contributed by atoms with van der Waals surface area (Å²) in [6, 6.07) is 8.07. The molecule has 25 heavy (non-hydrogen) atoms. The molecule has 1 heterocycles. The molecule has 4 nitrogen and oxygen atoms in total. The van der Waals surface area contributed by atoms with Crippen LogP contribution in [0.2, 0.25) is 0 Å². The van der Waals surface area contributed by atoms with Gasteiger partial charge < -0.3 is 10.1 Å². The van der Waals surface area contributed by atoms with Gasteiger partial charge in [0.2, 0.25) is 5.91 Å². The van der Waals surface area contributed by atoms with Crippen molar-refractivity contribution in [3.05, 3.63) is 29.8 Å². The van der Waals surface area contributed by atoms with E-state index in [1.807, 2.05) is 12.1 Å². The number of nitrogens with zero attached hydrogens (tertiary/aromatic N) is 1. The van der Waals surface area contributed by atoms with Gasteiger partial charge in [0, 0.05) is 6.54 Å². The lowest BCUT2D eigenvalue weighted by molar-refractivity contribution is -0.127. The third-order valence-electron chi connectivity index (χ3n) is 4.61. The molecule has 0 bridgehead atoms. The van der Waals surface area contributed by atoms with E-state index in [0.717, 1.165) is 57.4 Å². The number of hydrogen-bond acceptors (Lipinski definition) is 3. The highest BCUT2D eigenvalue weighted by Crippen LogP contribution is 2.17. The van der Waals surface area contributed by atoms with Crippen LogP contribution in [-0.2, 0) is 11.2 Å². The molecule has 1 atom stereocenters. The van der Waals surface area contributed by atoms with Crippen LogP contribution in [0, 0.1) is 12.3 Å². The number of hydrogen-bond donors (Lipinski definition) is 1. The standard InChI is InChI=1S/C21H30N2O2/c1-3-5-17-25-19-11-9-18(10-12-19)13-14-22-21(24)20-8-6-7-16-23(20)15-4-2/h2,9-12,20H,3,5-8,13-17H2,1H3,(H,22,24). The van der Waals surface area contributed by atoms with Gasteiger partial charge in [0.15, 0.2) is 0 Å². The fourth-order valence-corrected chi connectivity index (χ4v) is 3.13. The predicted molar refractivity (Wildman–Crippen MR) is 102 cm³/mol. The van der Waals surface area contributed by atoms with E-state index in [-0.39, 0.29) is 11.9 Å². The van der Waals surface area contributed by atoms with Crippen LogP contribution in [0.15, 0.2) is 24.3 Å². The average molecular weight is 342 g/mol. The van der Waals surface area contributed by atoms with Crippen LogP contribution in [0.1, 0.15) is 44.6 Å². The van der Waals surface area contributed by atoms with Crippen LogP contribution >= 0.6 is 0 Å². The Morgan fingerprint density at radius 1 is 1.36 bits per heavy atom. The number of amides is 1. The minimum Gasteiger partial charge on any atom is -0.494 e. The molecule has 0 aliphatic carbocycles. The van der Waals surface area contributed by atoms with Crippen molar-refractivity contribution in [1.82, 2.24) is 10.2 Å². The van der Waals surface area contributed by atoms with Crippen LogP contribution in [0.4, 0.5) is 0 Å². The molecule has 1 aliphatic heterocycles. The van der Waals surface area contributed by atoms with Crippen molar-refractivity contribution < 1.29 is 9.53 Å². The van der Waals surface area contributed by atoms with Gasteiger partial charge in [-0.1, -0.05) is 37.8 Å². The largest absolute Gasteiger partial charge is 0.494 e. The summed E-state index contributed by atoms with van der Waals surface area (Å²) in [7, 11) is 0. The topological polar surface area (TPSA) is 41.6 Å². The Balaban J connectivity index is 1.74. The molecular formula is C21H30N2O2. The van der Waals surface area contributed by atoms with Crippen LogP contribution in [0.25, 0.3) is 0 Å². The van der Waals surface area contributed by atoms with Gasteiger partial charge in [-0.25, -0.2) is 0 Å². The second-order valence-electron chi connectivity index (χ2n) is 6.57. The highest BCUT2D eigenvalue weighted by atomic mass is 16.5. The Kier molecular flexibility index (Phi) is 8.34. The van der Waals surface area contributed by atoms with E-state index in [9.17, 15) is 4.79 Å². The minimum atomic E-state index is -0.0702. The van der Waals surface area contributed by atoms with Crippen molar-refractivity contribution in [2.75, 3.05) is 26.2 Å². The second-order valence-corrected chi connectivity index (χ2v) is 6.57. The van der Waals surface area contributed by atoms with Gasteiger partial charge in [0.25, 0.3) is 0 Å². The van der Waals surface area contributed by atoms with E-state index in [0.29, 0.717) is 13.1 Å². The van der Waals surface area contributed by atoms with Gasteiger partial charge in [-0.2, -0.15) is 0 Å². The first-order chi connectivity index (χ1) is 12.2. The van der Waals surface area contributed by atoms with Crippen molar-refractivity contribution in [3.63, 3.8) is 0 Å². The smallest absolute Gasteiger partial charge is 0.237 e. The van der Waals surface area contributed by atoms with Crippen LogP contribution in [-0.4, -0.2) is 43.1 Å². The number of unbranched alkanes of at least 4 members (excludes halogenated alkanes) is 1. The summed E-state index contributed by atoms with van der Waals surface area (Å²) < 4.78 is 5.67. The molecular weight excluding hydrogens is 312 g/mol. The van der Waals surface area contributed by atoms with Gasteiger partial charge in [-0.05, 0) is 49.9 Å². The van der Waals surface area contributed by atoms with Crippen molar-refractivity contribution in [1.29, 1.82) is 0 Å². The van der Waals surface area contributed by atoms with Crippen molar-refractivity contribution in [3.8, 4) is 18.1 Å². The van der Waals surface area contributed by atoms with Crippen LogP contribution in [0.3, 0.4) is 0 Å². The summed E-state index contributed by atoms with van der Waals surface area (Å²) in [5.41, 5.74) is 1.20. The summed E-state index contributed by atoms with van der Waals surface area (Å²) in [5.74, 6) is 3.68. The van der Waals surface area contributed by atoms with Gasteiger partial charge >= 0.3 is 0 Å². The maximum absolute atomic E-state index is 12.4. The molecule has 1 fully saturated rings. The molecule has 1 aromatic carbocycles. The number of ether oxygens (including phenoxy) is 1. The highest BCUT2D eigenvalue weighted by Gasteiger charge is 2.27. The first-order valence-electron chi connectivity index (χ1n) is 9.41. The van der Waals surface area contributed by atoms with E-state index in [4.69, 9.17) is 11.2 Å². The third kappa shape index (κ3) is 6.43. The number of benzene rings is 1. The molecule has 1 aliphatic rings. The number of rotatable bonds is 9. The number of terminal acetylenes is 1. The summed E-state index contributed by atoms with van der Waals surface area (Å²) in [6.45, 7) is 5.04. The second kappa shape index (κ2) is 10.8. The predicted octanol–water partition coefficient (Wildman–Crippen LogP) is 3.01. The lowest BCUT2D eigenvalue weighted by Crippen LogP contribution is -2.49. The Bertz CT molecular complexity index is 562. The monoisotopic (exact) mass is 342 g/mol. The van der Waals surface area contributed by atoms with E-state index in [1.165, 1.54) is 5.56 Å². The fraction of sp³-hybridized carbons (Fsp3) is 0.571. The van der Waals surface area contributed by atoms with Gasteiger partial charge in [0.05, 0.1) is 19.2 Å². The lowest BCUT2D eigenvalue weighted by Gasteiger charge is -2.33. The SMILES string of the molecule is C#CCN1CCCCC1C(=O)NCCc1ccc(OCCCC)cc1. The summed E-state index contributed by atoms with van der Waals surface area (Å²) in [6.07, 6.45) is 11.6. The minimum absolute atomic E-state index is 0.0702. The van der Waals surface area contributed by atoms with Gasteiger partial charge in [0.1, 0.15) is 5.75 Å². The molecule has 1 aromatic rings. The molecule has 0 aromatic heterocycles. The zero-order valence-electron chi connectivity index (χ0n) is 15.3. The summed E-state index contributed by atoms with van der Waals surface area (Å²) >= 11 is 0. The van der Waals surface area contributed by atoms with Crippen molar-refractivity contribution in [2.24, 2.45) is 0 Å². The lowest BCUT2D eigenvalue weighted by atomic mass is 10.0. The molecule has 136 valence electrons. The Morgan fingerprint density at radius 3 is 2.88 bits per heavy atom. The van der Waals surface area contributed by atoms with Crippen molar-refractivity contribution in [2.45, 2.75) is 51.5 Å². The summed E-state index contributed by atoms with van der Waals surface area (Å²) in [5, 5.41) is 3.07. The number of piperidine rings is 1. The fourth-order valence-electron chi connectivity index (χ4n) is 3.13. The molecule has 2 rings (SSSR count). The molecule has 1 saturated heterocycles.